The van der Waals surface area contributed by atoms with Gasteiger partial charge in [-0.05, 0) is 18.2 Å². The number of aryl methyl sites for hydroxylation is 1. The van der Waals surface area contributed by atoms with Gasteiger partial charge in [0.05, 0.1) is 13.5 Å². The fourth-order valence-electron chi connectivity index (χ4n) is 2.41. The third-order valence-corrected chi connectivity index (χ3v) is 3.88. The molecule has 0 fully saturated rings. The molecule has 7 nitrogen and oxygen atoms in total. The lowest BCUT2D eigenvalue weighted by Crippen LogP contribution is -2.14. The lowest BCUT2D eigenvalue weighted by molar-refractivity contribution is -0.142. The lowest BCUT2D eigenvalue weighted by Gasteiger charge is -2.05. The Morgan fingerprint density at radius 3 is 2.64 bits per heavy atom. The van der Waals surface area contributed by atoms with Crippen molar-refractivity contribution >= 4 is 11.8 Å². The standard InChI is InChI=1S/C20H17FN2O5/c1-26-17-8-7-14(11-15(17)21)16(24)12-27-19(25)10-9-18-22-20(23-28-18)13-5-3-2-4-6-13/h2-8,11H,9-10,12H2,1H3. The Balaban J connectivity index is 1.48. The van der Waals surface area contributed by atoms with Gasteiger partial charge in [-0.15, -0.1) is 0 Å². The van der Waals surface area contributed by atoms with E-state index in [-0.39, 0.29) is 24.2 Å². The summed E-state index contributed by atoms with van der Waals surface area (Å²) >= 11 is 0. The number of hydrogen-bond acceptors (Lipinski definition) is 7. The molecule has 0 amide bonds. The molecule has 0 bridgehead atoms. The van der Waals surface area contributed by atoms with Crippen molar-refractivity contribution in [3.05, 3.63) is 65.8 Å². The van der Waals surface area contributed by atoms with Gasteiger partial charge in [0.1, 0.15) is 0 Å². The predicted molar refractivity (Wildman–Crippen MR) is 96.3 cm³/mol. The molecule has 0 aliphatic rings. The highest BCUT2D eigenvalue weighted by Gasteiger charge is 2.14. The van der Waals surface area contributed by atoms with E-state index < -0.39 is 24.2 Å². The summed E-state index contributed by atoms with van der Waals surface area (Å²) in [5.41, 5.74) is 0.896. The summed E-state index contributed by atoms with van der Waals surface area (Å²) in [6.45, 7) is -0.482. The first-order chi connectivity index (χ1) is 13.6. The molecule has 0 spiro atoms. The van der Waals surface area contributed by atoms with Crippen LogP contribution in [-0.2, 0) is 16.0 Å². The molecule has 0 unspecified atom stereocenters. The van der Waals surface area contributed by atoms with Crippen molar-refractivity contribution < 1.29 is 28.0 Å². The molecule has 8 heteroatoms. The Kier molecular flexibility index (Phi) is 6.11. The predicted octanol–water partition coefficient (Wildman–Crippen LogP) is 3.24. The molecule has 0 saturated heterocycles. The van der Waals surface area contributed by atoms with E-state index in [0.717, 1.165) is 11.6 Å². The van der Waals surface area contributed by atoms with Gasteiger partial charge in [0, 0.05) is 17.5 Å². The number of esters is 1. The zero-order valence-corrected chi connectivity index (χ0v) is 15.1. The van der Waals surface area contributed by atoms with Gasteiger partial charge in [0.15, 0.2) is 24.0 Å². The normalized spacial score (nSPS) is 10.5. The number of ketones is 1. The van der Waals surface area contributed by atoms with Gasteiger partial charge < -0.3 is 14.0 Å². The Bertz CT molecular complexity index is 972. The second kappa shape index (κ2) is 8.90. The minimum atomic E-state index is -0.662. The molecule has 0 atom stereocenters. The van der Waals surface area contributed by atoms with E-state index in [4.69, 9.17) is 14.0 Å². The third-order valence-electron chi connectivity index (χ3n) is 3.88. The number of benzene rings is 2. The summed E-state index contributed by atoms with van der Waals surface area (Å²) in [7, 11) is 1.33. The number of methoxy groups -OCH3 is 1. The molecule has 3 aromatic rings. The zero-order chi connectivity index (χ0) is 19.9. The first-order valence-electron chi connectivity index (χ1n) is 8.47. The number of halogens is 1. The molecule has 0 radical (unpaired) electrons. The van der Waals surface area contributed by atoms with Crippen LogP contribution in [0.4, 0.5) is 4.39 Å². The van der Waals surface area contributed by atoms with Crippen LogP contribution in [0, 0.1) is 5.82 Å². The first kappa shape index (κ1) is 19.2. The summed E-state index contributed by atoms with van der Waals surface area (Å²) in [6, 6.07) is 13.1. The molecule has 28 heavy (non-hydrogen) atoms. The van der Waals surface area contributed by atoms with Crippen LogP contribution in [0.5, 0.6) is 5.75 Å². The molecule has 2 aromatic carbocycles. The van der Waals surface area contributed by atoms with Crippen LogP contribution >= 0.6 is 0 Å². The summed E-state index contributed by atoms with van der Waals surface area (Å²) in [5, 5.41) is 3.86. The number of nitrogens with zero attached hydrogens (tertiary/aromatic N) is 2. The SMILES string of the molecule is COc1ccc(C(=O)COC(=O)CCc2nc(-c3ccccc3)no2)cc1F. The smallest absolute Gasteiger partial charge is 0.306 e. The number of carbonyl (C=O) groups excluding carboxylic acids is 2. The second-order valence-corrected chi connectivity index (χ2v) is 5.81. The van der Waals surface area contributed by atoms with Crippen LogP contribution in [0.1, 0.15) is 22.7 Å². The molecule has 144 valence electrons. The maximum absolute atomic E-state index is 13.6. The molecule has 0 aliphatic heterocycles. The fourth-order valence-corrected chi connectivity index (χ4v) is 2.41. The first-order valence-corrected chi connectivity index (χ1v) is 8.47. The van der Waals surface area contributed by atoms with E-state index in [2.05, 4.69) is 10.1 Å². The van der Waals surface area contributed by atoms with Gasteiger partial charge in [0.25, 0.3) is 0 Å². The van der Waals surface area contributed by atoms with E-state index in [1.54, 1.807) is 0 Å². The Morgan fingerprint density at radius 2 is 1.93 bits per heavy atom. The molecule has 0 aliphatic carbocycles. The number of ether oxygens (including phenoxy) is 2. The van der Waals surface area contributed by atoms with Crippen molar-refractivity contribution in [2.75, 3.05) is 13.7 Å². The number of hydrogen-bond donors (Lipinski definition) is 0. The van der Waals surface area contributed by atoms with Crippen molar-refractivity contribution in [3.63, 3.8) is 0 Å². The van der Waals surface area contributed by atoms with Crippen LogP contribution < -0.4 is 4.74 Å². The average molecular weight is 384 g/mol. The largest absolute Gasteiger partial charge is 0.494 e. The fraction of sp³-hybridized carbons (Fsp3) is 0.200. The zero-order valence-electron chi connectivity index (χ0n) is 15.1. The van der Waals surface area contributed by atoms with E-state index in [1.165, 1.54) is 19.2 Å². The van der Waals surface area contributed by atoms with Crippen molar-refractivity contribution in [1.29, 1.82) is 0 Å². The number of rotatable bonds is 8. The van der Waals surface area contributed by atoms with Gasteiger partial charge in [0.2, 0.25) is 11.7 Å². The van der Waals surface area contributed by atoms with Gasteiger partial charge in [-0.1, -0.05) is 35.5 Å². The monoisotopic (exact) mass is 384 g/mol. The van der Waals surface area contributed by atoms with Gasteiger partial charge >= 0.3 is 5.97 Å². The van der Waals surface area contributed by atoms with Crippen molar-refractivity contribution in [1.82, 2.24) is 10.1 Å². The van der Waals surface area contributed by atoms with E-state index in [1.807, 2.05) is 30.3 Å². The second-order valence-electron chi connectivity index (χ2n) is 5.81. The van der Waals surface area contributed by atoms with E-state index in [0.29, 0.717) is 11.7 Å². The van der Waals surface area contributed by atoms with E-state index >= 15 is 0 Å². The molecule has 1 heterocycles. The van der Waals surface area contributed by atoms with Crippen LogP contribution in [0.3, 0.4) is 0 Å². The maximum atomic E-state index is 13.6. The van der Waals surface area contributed by atoms with Gasteiger partial charge in [-0.25, -0.2) is 4.39 Å². The van der Waals surface area contributed by atoms with Crippen molar-refractivity contribution in [2.24, 2.45) is 0 Å². The number of aromatic nitrogens is 2. The molecule has 0 N–H and O–H groups in total. The minimum Gasteiger partial charge on any atom is -0.494 e. The highest BCUT2D eigenvalue weighted by molar-refractivity contribution is 5.98. The highest BCUT2D eigenvalue weighted by atomic mass is 19.1. The highest BCUT2D eigenvalue weighted by Crippen LogP contribution is 2.18. The molecule has 3 rings (SSSR count). The van der Waals surface area contributed by atoms with Crippen LogP contribution in [0.2, 0.25) is 0 Å². The van der Waals surface area contributed by atoms with Gasteiger partial charge in [-0.2, -0.15) is 4.98 Å². The van der Waals surface area contributed by atoms with Crippen molar-refractivity contribution in [2.45, 2.75) is 12.8 Å². The van der Waals surface area contributed by atoms with Crippen LogP contribution in [0.25, 0.3) is 11.4 Å². The summed E-state index contributed by atoms with van der Waals surface area (Å²) in [5.74, 6) is -1.02. The molecule has 1 aromatic heterocycles. The Labute approximate surface area is 160 Å². The molecular weight excluding hydrogens is 367 g/mol. The van der Waals surface area contributed by atoms with Gasteiger partial charge in [-0.3, -0.25) is 9.59 Å². The quantitative estimate of drug-likeness (QED) is 0.435. The summed E-state index contributed by atoms with van der Waals surface area (Å²) < 4.78 is 28.5. The molecular formula is C20H17FN2O5. The molecule has 0 saturated carbocycles. The summed E-state index contributed by atoms with van der Waals surface area (Å²) in [6.07, 6.45) is 0.157. The topological polar surface area (TPSA) is 91.5 Å². The lowest BCUT2D eigenvalue weighted by atomic mass is 10.1. The maximum Gasteiger partial charge on any atom is 0.306 e. The Hall–Kier alpha value is -3.55. The summed E-state index contributed by atoms with van der Waals surface area (Å²) in [4.78, 5) is 28.1. The van der Waals surface area contributed by atoms with Crippen LogP contribution in [-0.4, -0.2) is 35.6 Å². The average Bonchev–Trinajstić information content (AvgIpc) is 3.20. The van der Waals surface area contributed by atoms with Crippen molar-refractivity contribution in [3.8, 4) is 17.1 Å². The van der Waals surface area contributed by atoms with E-state index in [9.17, 15) is 14.0 Å². The third kappa shape index (κ3) is 4.79. The van der Waals surface area contributed by atoms with Crippen LogP contribution in [0.15, 0.2) is 53.1 Å². The Morgan fingerprint density at radius 1 is 1.14 bits per heavy atom. The number of carbonyl (C=O) groups is 2. The minimum absolute atomic E-state index is 0.0271. The number of Topliss-reactive ketones (excluding diaryl/α,β-unsaturated/α-hetero) is 1.